The fourth-order valence-corrected chi connectivity index (χ4v) is 6.88. The summed E-state index contributed by atoms with van der Waals surface area (Å²) in [7, 11) is 1.36. The third-order valence-electron chi connectivity index (χ3n) is 9.83. The molecule has 15 nitrogen and oxygen atoms in total. The third-order valence-corrected chi connectivity index (χ3v) is 9.83. The molecule has 1 aromatic carbocycles. The van der Waals surface area contributed by atoms with E-state index in [0.717, 1.165) is 44.1 Å². The number of oxime groups is 1. The molecule has 6 rings (SSSR count). The zero-order valence-corrected chi connectivity index (χ0v) is 28.9. The van der Waals surface area contributed by atoms with E-state index in [9.17, 15) is 24.0 Å². The van der Waals surface area contributed by atoms with E-state index >= 15 is 0 Å². The molecule has 3 fully saturated rings. The van der Waals surface area contributed by atoms with E-state index in [0.29, 0.717) is 18.0 Å². The number of carbonyl (C=O) groups excluding carboxylic acids is 5. The van der Waals surface area contributed by atoms with Crippen LogP contribution >= 0.6 is 0 Å². The number of alkyl carbamates (subject to hydrolysis) is 1. The normalized spacial score (nSPS) is 23.2. The summed E-state index contributed by atoms with van der Waals surface area (Å²) in [4.78, 5) is 78.9. The average molecular weight is 692 g/mol. The Morgan fingerprint density at radius 2 is 1.76 bits per heavy atom. The molecule has 0 unspecified atom stereocenters. The first kappa shape index (κ1) is 35.0. The smallest absolute Gasteiger partial charge is 0.408 e. The largest absolute Gasteiger partial charge is 0.446 e. The number of likely N-dealkylation sites (N-methyl/N-ethyl adjacent to an activating group) is 1. The van der Waals surface area contributed by atoms with Gasteiger partial charge in [-0.05, 0) is 43.4 Å². The van der Waals surface area contributed by atoms with Gasteiger partial charge in [0.1, 0.15) is 23.9 Å². The first-order valence-corrected chi connectivity index (χ1v) is 17.3. The number of Topliss-reactive ketones (excluding diaryl/α,β-unsaturated/α-hetero) is 1. The van der Waals surface area contributed by atoms with Crippen LogP contribution < -0.4 is 16.0 Å². The summed E-state index contributed by atoms with van der Waals surface area (Å²) >= 11 is 0. The lowest BCUT2D eigenvalue weighted by Gasteiger charge is -2.35. The van der Waals surface area contributed by atoms with Gasteiger partial charge in [0.2, 0.25) is 23.4 Å². The van der Waals surface area contributed by atoms with Gasteiger partial charge in [-0.25, -0.2) is 4.79 Å². The quantitative estimate of drug-likeness (QED) is 0.295. The minimum Gasteiger partial charge on any atom is -0.446 e. The van der Waals surface area contributed by atoms with Crippen molar-refractivity contribution in [3.63, 3.8) is 0 Å². The fourth-order valence-electron chi connectivity index (χ4n) is 6.88. The van der Waals surface area contributed by atoms with Crippen molar-refractivity contribution in [2.45, 2.75) is 108 Å². The fraction of sp³-hybridized carbons (Fsp3) is 0.600. The van der Waals surface area contributed by atoms with Gasteiger partial charge in [-0.3, -0.25) is 19.2 Å². The molecule has 2 aliphatic carbocycles. The number of aromatic nitrogens is 2. The molecule has 4 aliphatic rings. The van der Waals surface area contributed by atoms with Crippen LogP contribution in [0.2, 0.25) is 0 Å². The van der Waals surface area contributed by atoms with E-state index in [4.69, 9.17) is 14.1 Å². The van der Waals surface area contributed by atoms with Crippen molar-refractivity contribution in [3.8, 4) is 11.4 Å². The van der Waals surface area contributed by atoms with Crippen LogP contribution in [-0.2, 0) is 28.8 Å². The van der Waals surface area contributed by atoms with Gasteiger partial charge >= 0.3 is 6.09 Å². The van der Waals surface area contributed by atoms with Gasteiger partial charge in [-0.15, -0.1) is 0 Å². The highest BCUT2D eigenvalue weighted by atomic mass is 16.7. The number of carbonyl (C=O) groups is 5. The summed E-state index contributed by atoms with van der Waals surface area (Å²) in [6.07, 6.45) is 4.84. The highest BCUT2D eigenvalue weighted by molar-refractivity contribution is 6.38. The predicted octanol–water partition coefficient (Wildman–Crippen LogP) is 2.88. The van der Waals surface area contributed by atoms with Crippen molar-refractivity contribution < 1.29 is 38.1 Å². The maximum Gasteiger partial charge on any atom is 0.408 e. The van der Waals surface area contributed by atoms with Gasteiger partial charge in [-0.1, -0.05) is 74.3 Å². The van der Waals surface area contributed by atoms with E-state index < -0.39 is 58.7 Å². The van der Waals surface area contributed by atoms with E-state index in [1.54, 1.807) is 0 Å². The standard InChI is InChI=1S/C35H45N7O8/c1-34(2,3)27(38-33(47)48-22-12-8-9-13-22)32(46)42-19-35(17-24(40-50-35)31-39-28(41-49-31)21-10-6-5-7-11-21)18-25(42)29(44)37-23(16-20-14-15-20)26(43)30(45)36-4/h5-7,10-11,20,22-23,25,27H,8-9,12-19H2,1-4H3,(H,36,45)(H,37,44)(H,38,47)/t23-,25-,27+,35+/m0/s1. The number of benzene rings is 1. The second-order valence-electron chi connectivity index (χ2n) is 14.9. The van der Waals surface area contributed by atoms with Gasteiger partial charge in [0, 0.05) is 25.5 Å². The van der Waals surface area contributed by atoms with Gasteiger partial charge in [-0.2, -0.15) is 4.98 Å². The van der Waals surface area contributed by atoms with Gasteiger partial charge < -0.3 is 34.9 Å². The molecule has 1 spiro atoms. The topological polar surface area (TPSA) is 194 Å². The Kier molecular flexibility index (Phi) is 9.94. The van der Waals surface area contributed by atoms with Gasteiger partial charge in [0.25, 0.3) is 11.8 Å². The van der Waals surface area contributed by atoms with E-state index in [1.165, 1.54) is 11.9 Å². The Labute approximate surface area is 290 Å². The summed E-state index contributed by atoms with van der Waals surface area (Å²) < 4.78 is 11.1. The predicted molar refractivity (Wildman–Crippen MR) is 178 cm³/mol. The number of hydrogen-bond acceptors (Lipinski definition) is 11. The molecular weight excluding hydrogens is 646 g/mol. The number of ketones is 1. The number of rotatable bonds is 11. The van der Waals surface area contributed by atoms with Crippen molar-refractivity contribution in [2.75, 3.05) is 13.6 Å². The lowest BCUT2D eigenvalue weighted by atomic mass is 9.85. The molecule has 4 atom stereocenters. The first-order valence-electron chi connectivity index (χ1n) is 17.3. The Bertz CT molecular complexity index is 1640. The Morgan fingerprint density at radius 1 is 1.04 bits per heavy atom. The van der Waals surface area contributed by atoms with Crippen molar-refractivity contribution in [1.29, 1.82) is 0 Å². The highest BCUT2D eigenvalue weighted by Gasteiger charge is 2.56. The molecule has 2 saturated carbocycles. The number of hydrogen-bond donors (Lipinski definition) is 3. The molecule has 3 heterocycles. The van der Waals surface area contributed by atoms with Crippen LogP contribution in [0, 0.1) is 11.3 Å². The molecule has 3 N–H and O–H groups in total. The molecule has 2 aliphatic heterocycles. The van der Waals surface area contributed by atoms with Crippen molar-refractivity contribution in [1.82, 2.24) is 31.0 Å². The third kappa shape index (κ3) is 7.81. The van der Waals surface area contributed by atoms with Crippen LogP contribution in [0.5, 0.6) is 0 Å². The van der Waals surface area contributed by atoms with Crippen LogP contribution in [-0.4, -0.2) is 93.8 Å². The van der Waals surface area contributed by atoms with Gasteiger partial charge in [0.15, 0.2) is 5.60 Å². The number of likely N-dealkylation sites (tertiary alicyclic amines) is 1. The molecule has 0 bridgehead atoms. The van der Waals surface area contributed by atoms with Crippen LogP contribution in [0.1, 0.15) is 84.4 Å². The molecule has 1 saturated heterocycles. The Morgan fingerprint density at radius 3 is 2.42 bits per heavy atom. The Hall–Kier alpha value is -4.82. The summed E-state index contributed by atoms with van der Waals surface area (Å²) in [5.74, 6) is -1.96. The average Bonchev–Trinajstić information content (AvgIpc) is 3.52. The molecule has 4 amide bonds. The molecule has 1 aromatic heterocycles. The number of nitrogens with one attached hydrogen (secondary N) is 3. The molecule has 2 aromatic rings. The van der Waals surface area contributed by atoms with E-state index in [1.807, 2.05) is 51.1 Å². The van der Waals surface area contributed by atoms with E-state index in [2.05, 4.69) is 31.2 Å². The highest BCUT2D eigenvalue weighted by Crippen LogP contribution is 2.40. The second kappa shape index (κ2) is 14.2. The molecule has 0 radical (unpaired) electrons. The van der Waals surface area contributed by atoms with E-state index in [-0.39, 0.29) is 37.3 Å². The molecular formula is C35H45N7O8. The molecule has 50 heavy (non-hydrogen) atoms. The molecule has 15 heteroatoms. The lowest BCUT2D eigenvalue weighted by Crippen LogP contribution is -2.59. The minimum atomic E-state index is -1.14. The first-order chi connectivity index (χ1) is 23.9. The number of ether oxygens (including phenoxy) is 1. The maximum absolute atomic E-state index is 14.5. The Balaban J connectivity index is 1.25. The van der Waals surface area contributed by atoms with Crippen LogP contribution in [0.3, 0.4) is 0 Å². The van der Waals surface area contributed by atoms with Crippen LogP contribution in [0.25, 0.3) is 11.4 Å². The summed E-state index contributed by atoms with van der Waals surface area (Å²) in [6, 6.07) is 6.05. The maximum atomic E-state index is 14.5. The summed E-state index contributed by atoms with van der Waals surface area (Å²) in [6.45, 7) is 5.38. The zero-order chi connectivity index (χ0) is 35.6. The van der Waals surface area contributed by atoms with Crippen LogP contribution in [0.4, 0.5) is 4.79 Å². The minimum absolute atomic E-state index is 0.0188. The zero-order valence-electron chi connectivity index (χ0n) is 28.9. The van der Waals surface area contributed by atoms with Crippen LogP contribution in [0.15, 0.2) is 40.0 Å². The van der Waals surface area contributed by atoms with Crippen molar-refractivity contribution in [2.24, 2.45) is 16.5 Å². The monoisotopic (exact) mass is 691 g/mol. The molecule has 268 valence electrons. The van der Waals surface area contributed by atoms with Gasteiger partial charge in [0.05, 0.1) is 12.6 Å². The van der Waals surface area contributed by atoms with Crippen molar-refractivity contribution in [3.05, 3.63) is 36.2 Å². The second-order valence-corrected chi connectivity index (χ2v) is 14.9. The summed E-state index contributed by atoms with van der Waals surface area (Å²) in [5.41, 5.74) is -0.800. The van der Waals surface area contributed by atoms with Crippen molar-refractivity contribution >= 4 is 35.3 Å². The number of nitrogens with zero attached hydrogens (tertiary/aromatic N) is 4. The SMILES string of the molecule is CNC(=O)C(=O)[C@H](CC1CC1)NC(=O)[C@@H]1C[C@]2(CC(c3nc(-c4ccccc4)no3)=NO2)CN1C(=O)[C@@H](NC(=O)OC1CCCC1)C(C)(C)C. The summed E-state index contributed by atoms with van der Waals surface area (Å²) in [5, 5.41) is 16.2. The number of amides is 4. The lowest BCUT2D eigenvalue weighted by molar-refractivity contribution is -0.144.